The van der Waals surface area contributed by atoms with E-state index in [4.69, 9.17) is 9.47 Å². The highest BCUT2D eigenvalue weighted by Crippen LogP contribution is 2.28. The third-order valence-electron chi connectivity index (χ3n) is 5.62. The minimum Gasteiger partial charge on any atom is -0.497 e. The Morgan fingerprint density at radius 2 is 1.81 bits per heavy atom. The van der Waals surface area contributed by atoms with Gasteiger partial charge in [-0.25, -0.2) is 0 Å². The van der Waals surface area contributed by atoms with Gasteiger partial charge in [0.2, 0.25) is 0 Å². The lowest BCUT2D eigenvalue weighted by Crippen LogP contribution is -3.14. The Bertz CT molecular complexity index is 798. The van der Waals surface area contributed by atoms with Crippen LogP contribution in [0.25, 0.3) is 0 Å². The smallest absolute Gasteiger partial charge is 0.150 e. The van der Waals surface area contributed by atoms with Gasteiger partial charge in [-0.15, -0.1) is 0 Å². The highest BCUT2D eigenvalue weighted by molar-refractivity contribution is 5.77. The normalized spacial score (nSPS) is 16.1. The molecule has 1 fully saturated rings. The van der Waals surface area contributed by atoms with Gasteiger partial charge in [0.15, 0.2) is 0 Å². The van der Waals surface area contributed by atoms with Gasteiger partial charge in [-0.2, -0.15) is 0 Å². The standard InChI is InChI=1S/C22H28N2O3/c1-16-13-18(15-25)5-8-21(16)24-11-9-23(10-12-24)17(2)20-7-6-19(26-3)14-22(20)27-4/h5-8,13-15,17H,9-12H2,1-4H3/p+1/t17-/m0/s1. The number of ether oxygens (including phenoxy) is 2. The Balaban J connectivity index is 1.69. The van der Waals surface area contributed by atoms with Crippen molar-refractivity contribution in [3.8, 4) is 11.5 Å². The molecule has 5 heteroatoms. The van der Waals surface area contributed by atoms with E-state index in [-0.39, 0.29) is 0 Å². The molecule has 3 rings (SSSR count). The van der Waals surface area contributed by atoms with E-state index in [1.54, 1.807) is 19.1 Å². The fourth-order valence-corrected chi connectivity index (χ4v) is 3.97. The number of anilines is 1. The Morgan fingerprint density at radius 1 is 1.07 bits per heavy atom. The second-order valence-corrected chi connectivity index (χ2v) is 7.14. The third kappa shape index (κ3) is 4.08. The maximum atomic E-state index is 11.0. The Hall–Kier alpha value is -2.53. The molecule has 27 heavy (non-hydrogen) atoms. The highest BCUT2D eigenvalue weighted by atomic mass is 16.5. The minimum atomic E-state index is 0.353. The number of benzene rings is 2. The fourth-order valence-electron chi connectivity index (χ4n) is 3.97. The first-order chi connectivity index (χ1) is 13.1. The summed E-state index contributed by atoms with van der Waals surface area (Å²) < 4.78 is 10.9. The summed E-state index contributed by atoms with van der Waals surface area (Å²) in [7, 11) is 3.38. The predicted molar refractivity (Wildman–Crippen MR) is 107 cm³/mol. The maximum absolute atomic E-state index is 11.0. The average Bonchev–Trinajstić information content (AvgIpc) is 2.72. The highest BCUT2D eigenvalue weighted by Gasteiger charge is 2.28. The van der Waals surface area contributed by atoms with Crippen LogP contribution in [0.1, 0.15) is 34.5 Å². The molecule has 2 aromatic carbocycles. The molecule has 0 aromatic heterocycles. The molecule has 0 aliphatic carbocycles. The van der Waals surface area contributed by atoms with Crippen molar-refractivity contribution in [2.75, 3.05) is 45.3 Å². The molecule has 1 N–H and O–H groups in total. The number of carbonyl (C=O) groups is 1. The number of piperazine rings is 1. The van der Waals surface area contributed by atoms with Crippen molar-refractivity contribution < 1.29 is 19.2 Å². The first kappa shape index (κ1) is 19.2. The number of rotatable bonds is 6. The number of hydrogen-bond donors (Lipinski definition) is 1. The molecule has 0 bridgehead atoms. The van der Waals surface area contributed by atoms with Gasteiger partial charge in [-0.05, 0) is 49.7 Å². The molecule has 0 unspecified atom stereocenters. The second kappa shape index (κ2) is 8.44. The van der Waals surface area contributed by atoms with Crippen LogP contribution < -0.4 is 19.3 Å². The topological polar surface area (TPSA) is 43.2 Å². The first-order valence-electron chi connectivity index (χ1n) is 9.44. The van der Waals surface area contributed by atoms with Crippen molar-refractivity contribution in [3.63, 3.8) is 0 Å². The van der Waals surface area contributed by atoms with Gasteiger partial charge in [-0.1, -0.05) is 0 Å². The number of carbonyl (C=O) groups excluding carboxylic acids is 1. The molecule has 144 valence electrons. The van der Waals surface area contributed by atoms with Crippen LogP contribution in [0.2, 0.25) is 0 Å². The molecule has 0 spiro atoms. The summed E-state index contributed by atoms with van der Waals surface area (Å²) >= 11 is 0. The van der Waals surface area contributed by atoms with Gasteiger partial charge in [0.1, 0.15) is 23.8 Å². The molecular formula is C22H29N2O3+. The van der Waals surface area contributed by atoms with E-state index in [9.17, 15) is 4.79 Å². The van der Waals surface area contributed by atoms with E-state index >= 15 is 0 Å². The number of nitrogens with one attached hydrogen (secondary N) is 1. The van der Waals surface area contributed by atoms with Crippen LogP contribution in [0.15, 0.2) is 36.4 Å². The number of quaternary nitrogens is 1. The monoisotopic (exact) mass is 369 g/mol. The van der Waals surface area contributed by atoms with Crippen LogP contribution in [0.3, 0.4) is 0 Å². The summed E-state index contributed by atoms with van der Waals surface area (Å²) in [6.07, 6.45) is 0.906. The molecule has 2 aromatic rings. The van der Waals surface area contributed by atoms with Crippen LogP contribution in [-0.4, -0.2) is 46.7 Å². The van der Waals surface area contributed by atoms with Gasteiger partial charge in [-0.3, -0.25) is 4.79 Å². The first-order valence-corrected chi connectivity index (χ1v) is 9.44. The summed E-state index contributed by atoms with van der Waals surface area (Å²) in [5.74, 6) is 1.70. The van der Waals surface area contributed by atoms with Gasteiger partial charge >= 0.3 is 0 Å². The molecule has 1 saturated heterocycles. The van der Waals surface area contributed by atoms with Crippen molar-refractivity contribution in [2.45, 2.75) is 19.9 Å². The molecule has 0 saturated carbocycles. The summed E-state index contributed by atoms with van der Waals surface area (Å²) in [5, 5.41) is 0. The largest absolute Gasteiger partial charge is 0.497 e. The van der Waals surface area contributed by atoms with E-state index in [0.717, 1.165) is 55.1 Å². The van der Waals surface area contributed by atoms with Crippen molar-refractivity contribution in [3.05, 3.63) is 53.1 Å². The van der Waals surface area contributed by atoms with E-state index in [2.05, 4.69) is 30.9 Å². The average molecular weight is 369 g/mol. The lowest BCUT2D eigenvalue weighted by atomic mass is 10.0. The van der Waals surface area contributed by atoms with Crippen LogP contribution in [0.5, 0.6) is 11.5 Å². The number of methoxy groups -OCH3 is 2. The van der Waals surface area contributed by atoms with Gasteiger partial charge in [0.25, 0.3) is 0 Å². The molecule has 1 atom stereocenters. The number of nitrogens with zero attached hydrogens (tertiary/aromatic N) is 1. The number of aryl methyl sites for hydroxylation is 1. The zero-order valence-corrected chi connectivity index (χ0v) is 16.6. The van der Waals surface area contributed by atoms with Gasteiger partial charge in [0.05, 0.1) is 46.0 Å². The molecular weight excluding hydrogens is 340 g/mol. The summed E-state index contributed by atoms with van der Waals surface area (Å²) in [5.41, 5.74) is 4.34. The van der Waals surface area contributed by atoms with Crippen LogP contribution in [0, 0.1) is 6.92 Å². The molecule has 1 aliphatic heterocycles. The number of aldehydes is 1. The Morgan fingerprint density at radius 3 is 2.41 bits per heavy atom. The van der Waals surface area contributed by atoms with Gasteiger partial charge in [0, 0.05) is 17.3 Å². The zero-order valence-electron chi connectivity index (χ0n) is 16.6. The van der Waals surface area contributed by atoms with E-state index in [1.165, 1.54) is 11.3 Å². The quantitative estimate of drug-likeness (QED) is 0.794. The lowest BCUT2D eigenvalue weighted by molar-refractivity contribution is -0.930. The maximum Gasteiger partial charge on any atom is 0.150 e. The molecule has 5 nitrogen and oxygen atoms in total. The van der Waals surface area contributed by atoms with Crippen LogP contribution in [-0.2, 0) is 0 Å². The lowest BCUT2D eigenvalue weighted by Gasteiger charge is -2.37. The van der Waals surface area contributed by atoms with Crippen molar-refractivity contribution >= 4 is 12.0 Å². The number of hydrogen-bond acceptors (Lipinski definition) is 4. The molecule has 0 amide bonds. The Kier molecular flexibility index (Phi) is 6.01. The van der Waals surface area contributed by atoms with E-state index in [0.29, 0.717) is 6.04 Å². The summed E-state index contributed by atoms with van der Waals surface area (Å²) in [6.45, 7) is 8.46. The van der Waals surface area contributed by atoms with Crippen LogP contribution in [0.4, 0.5) is 5.69 Å². The Labute approximate surface area is 161 Å². The fraction of sp³-hybridized carbons (Fsp3) is 0.409. The molecule has 0 radical (unpaired) electrons. The van der Waals surface area contributed by atoms with Crippen molar-refractivity contribution in [1.82, 2.24) is 0 Å². The SMILES string of the molecule is COc1ccc([C@H](C)[NH+]2CCN(c3ccc(C=O)cc3C)CC2)c(OC)c1. The predicted octanol–water partition coefficient (Wildman–Crippen LogP) is 2.29. The van der Waals surface area contributed by atoms with Gasteiger partial charge < -0.3 is 19.3 Å². The molecule has 1 heterocycles. The molecule has 1 aliphatic rings. The van der Waals surface area contributed by atoms with Crippen LogP contribution >= 0.6 is 0 Å². The summed E-state index contributed by atoms with van der Waals surface area (Å²) in [4.78, 5) is 14.9. The van der Waals surface area contributed by atoms with E-state index in [1.807, 2.05) is 24.3 Å². The van der Waals surface area contributed by atoms with E-state index < -0.39 is 0 Å². The minimum absolute atomic E-state index is 0.353. The third-order valence-corrected chi connectivity index (χ3v) is 5.62. The van der Waals surface area contributed by atoms with Crippen molar-refractivity contribution in [1.29, 1.82) is 0 Å². The summed E-state index contributed by atoms with van der Waals surface area (Å²) in [6, 6.07) is 12.4. The second-order valence-electron chi connectivity index (χ2n) is 7.14. The zero-order chi connectivity index (χ0) is 19.4. The van der Waals surface area contributed by atoms with Crippen molar-refractivity contribution in [2.24, 2.45) is 0 Å².